The molecule has 0 spiro atoms. The Bertz CT molecular complexity index is 3180. The van der Waals surface area contributed by atoms with Crippen molar-refractivity contribution in [2.45, 2.75) is 0 Å². The molecule has 0 aliphatic carbocycles. The largest absolute Gasteiger partial charge is 0.308 e. The lowest BCUT2D eigenvalue weighted by Gasteiger charge is -2.17. The molecule has 11 rings (SSSR count). The van der Waals surface area contributed by atoms with Gasteiger partial charge in [0.1, 0.15) is 0 Å². The van der Waals surface area contributed by atoms with Crippen molar-refractivity contribution in [1.82, 2.24) is 19.5 Å². The minimum Gasteiger partial charge on any atom is -0.308 e. The fourth-order valence-electron chi connectivity index (χ4n) is 8.05. The van der Waals surface area contributed by atoms with Gasteiger partial charge in [0, 0.05) is 58.8 Å². The lowest BCUT2D eigenvalue weighted by Crippen LogP contribution is -2.02. The van der Waals surface area contributed by atoms with E-state index in [4.69, 9.17) is 15.0 Å². The summed E-state index contributed by atoms with van der Waals surface area (Å²) >= 11 is 1.86. The first-order valence-electron chi connectivity index (χ1n) is 18.8. The molecule has 0 saturated heterocycles. The minimum absolute atomic E-state index is 0.626. The summed E-state index contributed by atoms with van der Waals surface area (Å²) in [7, 11) is 0. The summed E-state index contributed by atoms with van der Waals surface area (Å²) in [6.45, 7) is 0. The molecule has 0 aliphatic heterocycles. The summed E-state index contributed by atoms with van der Waals surface area (Å²) in [5.74, 6) is 1.91. The first kappa shape index (κ1) is 32.2. The Morgan fingerprint density at radius 3 is 1.61 bits per heavy atom. The Hall–Kier alpha value is -7.21. The third kappa shape index (κ3) is 5.40. The second kappa shape index (κ2) is 13.3. The Labute approximate surface area is 327 Å². The average molecular weight is 733 g/mol. The number of para-hydroxylation sites is 2. The molecular weight excluding hydrogens is 701 g/mol. The highest BCUT2D eigenvalue weighted by atomic mass is 32.1. The third-order valence-corrected chi connectivity index (χ3v) is 11.8. The van der Waals surface area contributed by atoms with E-state index in [1.165, 1.54) is 47.6 Å². The van der Waals surface area contributed by atoms with Crippen LogP contribution in [0.2, 0.25) is 0 Å². The quantitative estimate of drug-likeness (QED) is 0.171. The van der Waals surface area contributed by atoms with Crippen LogP contribution in [0.3, 0.4) is 0 Å². The van der Waals surface area contributed by atoms with E-state index < -0.39 is 0 Å². The molecule has 262 valence electrons. The molecule has 0 radical (unpaired) electrons. The van der Waals surface area contributed by atoms with Crippen molar-refractivity contribution in [3.05, 3.63) is 194 Å². The van der Waals surface area contributed by atoms with E-state index in [-0.39, 0.29) is 0 Å². The normalized spacial score (nSPS) is 11.6. The summed E-state index contributed by atoms with van der Waals surface area (Å²) in [6, 6.07) is 68.7. The number of fused-ring (bicyclic) bond motifs is 6. The van der Waals surface area contributed by atoms with Gasteiger partial charge in [0.2, 0.25) is 0 Å². The van der Waals surface area contributed by atoms with Gasteiger partial charge >= 0.3 is 0 Å². The maximum atomic E-state index is 5.09. The summed E-state index contributed by atoms with van der Waals surface area (Å²) in [5, 5.41) is 5.04. The van der Waals surface area contributed by atoms with Gasteiger partial charge in [-0.15, -0.1) is 11.3 Å². The number of benzene rings is 8. The smallest absolute Gasteiger partial charge is 0.164 e. The lowest BCUT2D eigenvalue weighted by atomic mass is 9.98. The van der Waals surface area contributed by atoms with Crippen LogP contribution in [0.1, 0.15) is 0 Å². The zero-order valence-electron chi connectivity index (χ0n) is 30.2. The molecule has 11 aromatic rings. The number of nitrogens with zero attached hydrogens (tertiary/aromatic N) is 4. The predicted molar refractivity (Wildman–Crippen MR) is 234 cm³/mol. The van der Waals surface area contributed by atoms with E-state index in [1.807, 2.05) is 72.0 Å². The van der Waals surface area contributed by atoms with Gasteiger partial charge in [-0.25, -0.2) is 15.0 Å². The molecule has 0 saturated carbocycles. The molecule has 5 heteroatoms. The summed E-state index contributed by atoms with van der Waals surface area (Å²) in [4.78, 5) is 15.1. The highest BCUT2D eigenvalue weighted by Gasteiger charge is 2.21. The van der Waals surface area contributed by atoms with Crippen LogP contribution in [0.5, 0.6) is 0 Å². The van der Waals surface area contributed by atoms with Gasteiger partial charge in [-0.2, -0.15) is 0 Å². The Kier molecular flexibility index (Phi) is 7.64. The fraction of sp³-hybridized carbons (Fsp3) is 0. The highest BCUT2D eigenvalue weighted by Crippen LogP contribution is 2.43. The van der Waals surface area contributed by atoms with E-state index in [0.29, 0.717) is 17.5 Å². The van der Waals surface area contributed by atoms with Gasteiger partial charge in [-0.05, 0) is 47.5 Å². The Balaban J connectivity index is 1.16. The second-order valence-electron chi connectivity index (χ2n) is 14.0. The van der Waals surface area contributed by atoms with Gasteiger partial charge in [-0.1, -0.05) is 158 Å². The molecule has 3 aromatic heterocycles. The summed E-state index contributed by atoms with van der Waals surface area (Å²) in [5.41, 5.74) is 10.8. The first-order valence-corrected chi connectivity index (χ1v) is 19.6. The van der Waals surface area contributed by atoms with Gasteiger partial charge < -0.3 is 4.57 Å². The molecule has 0 unspecified atom stereocenters. The standard InChI is InChI=1S/C51H32N4S/c1-4-15-33(16-5-1)43-31-37(51-53-49(34-17-6-2-7-18-34)52-50(54-51)35-19-8-3-9-20-35)28-30-45(43)55-44-25-12-10-21-39(44)42-24-14-23-38(48(42)55)36-27-29-41-40-22-11-13-26-46(40)56-47(41)32-36/h1-32H. The Morgan fingerprint density at radius 1 is 0.339 bits per heavy atom. The number of rotatable bonds is 6. The van der Waals surface area contributed by atoms with Crippen molar-refractivity contribution in [2.75, 3.05) is 0 Å². The molecule has 3 heterocycles. The molecule has 56 heavy (non-hydrogen) atoms. The lowest BCUT2D eigenvalue weighted by molar-refractivity contribution is 1.07. The first-order chi connectivity index (χ1) is 27.8. The zero-order chi connectivity index (χ0) is 37.0. The van der Waals surface area contributed by atoms with Gasteiger partial charge in [0.25, 0.3) is 0 Å². The van der Waals surface area contributed by atoms with Crippen molar-refractivity contribution in [3.8, 4) is 62.1 Å². The maximum Gasteiger partial charge on any atom is 0.164 e. The van der Waals surface area contributed by atoms with Crippen LogP contribution in [-0.2, 0) is 0 Å². The fourth-order valence-corrected chi connectivity index (χ4v) is 9.20. The SMILES string of the molecule is c1ccc(-c2nc(-c3ccccc3)nc(-c3ccc(-n4c5ccccc5c5cccc(-c6ccc7c(c6)sc6ccccc67)c54)c(-c4ccccc4)c3)n2)cc1. The van der Waals surface area contributed by atoms with Crippen molar-refractivity contribution < 1.29 is 0 Å². The third-order valence-electron chi connectivity index (χ3n) is 10.7. The van der Waals surface area contributed by atoms with Crippen LogP contribution >= 0.6 is 11.3 Å². The monoisotopic (exact) mass is 732 g/mol. The van der Waals surface area contributed by atoms with Crippen molar-refractivity contribution in [1.29, 1.82) is 0 Å². The van der Waals surface area contributed by atoms with E-state index in [0.717, 1.165) is 39.0 Å². The number of thiophene rings is 1. The van der Waals surface area contributed by atoms with Crippen LogP contribution in [0.4, 0.5) is 0 Å². The highest BCUT2D eigenvalue weighted by molar-refractivity contribution is 7.25. The van der Waals surface area contributed by atoms with Gasteiger partial charge in [0.05, 0.1) is 16.7 Å². The van der Waals surface area contributed by atoms with Crippen LogP contribution in [-0.4, -0.2) is 19.5 Å². The van der Waals surface area contributed by atoms with Crippen LogP contribution < -0.4 is 0 Å². The average Bonchev–Trinajstić information content (AvgIpc) is 3.82. The number of hydrogen-bond donors (Lipinski definition) is 0. The number of aromatic nitrogens is 4. The molecular formula is C51H32N4S. The molecule has 0 aliphatic rings. The second-order valence-corrected chi connectivity index (χ2v) is 15.1. The Morgan fingerprint density at radius 2 is 0.893 bits per heavy atom. The van der Waals surface area contributed by atoms with Crippen LogP contribution in [0.25, 0.3) is 104 Å². The molecule has 0 fully saturated rings. The number of hydrogen-bond acceptors (Lipinski definition) is 4. The van der Waals surface area contributed by atoms with Crippen molar-refractivity contribution in [3.63, 3.8) is 0 Å². The van der Waals surface area contributed by atoms with Gasteiger partial charge in [0.15, 0.2) is 17.5 Å². The van der Waals surface area contributed by atoms with Gasteiger partial charge in [-0.3, -0.25) is 0 Å². The molecule has 4 nitrogen and oxygen atoms in total. The molecule has 8 aromatic carbocycles. The van der Waals surface area contributed by atoms with E-state index in [1.54, 1.807) is 0 Å². The van der Waals surface area contributed by atoms with E-state index >= 15 is 0 Å². The topological polar surface area (TPSA) is 43.6 Å². The molecule has 0 bridgehead atoms. The van der Waals surface area contributed by atoms with Crippen LogP contribution in [0, 0.1) is 0 Å². The van der Waals surface area contributed by atoms with Crippen molar-refractivity contribution >= 4 is 53.3 Å². The molecule has 0 N–H and O–H groups in total. The van der Waals surface area contributed by atoms with Crippen molar-refractivity contribution in [2.24, 2.45) is 0 Å². The van der Waals surface area contributed by atoms with Crippen LogP contribution in [0.15, 0.2) is 194 Å². The molecule has 0 amide bonds. The molecule has 0 atom stereocenters. The van der Waals surface area contributed by atoms with E-state index in [2.05, 4.69) is 138 Å². The van der Waals surface area contributed by atoms with E-state index in [9.17, 15) is 0 Å². The summed E-state index contributed by atoms with van der Waals surface area (Å²) < 4.78 is 5.06. The predicted octanol–water partition coefficient (Wildman–Crippen LogP) is 13.7. The maximum absolute atomic E-state index is 5.09. The minimum atomic E-state index is 0.626. The zero-order valence-corrected chi connectivity index (χ0v) is 31.0. The summed E-state index contributed by atoms with van der Waals surface area (Å²) in [6.07, 6.45) is 0.